The second-order valence-corrected chi connectivity index (χ2v) is 9.93. The van der Waals surface area contributed by atoms with Crippen LogP contribution in [0.4, 0.5) is 0 Å². The van der Waals surface area contributed by atoms with Crippen molar-refractivity contribution in [1.82, 2.24) is 19.9 Å². The number of nitrogens with one attached hydrogen (secondary N) is 1. The molecule has 0 aliphatic carbocycles. The van der Waals surface area contributed by atoms with Crippen molar-refractivity contribution in [2.75, 3.05) is 5.75 Å². The zero-order valence-corrected chi connectivity index (χ0v) is 18.6. The van der Waals surface area contributed by atoms with Gasteiger partial charge in [0, 0.05) is 24.2 Å². The van der Waals surface area contributed by atoms with Crippen LogP contribution in [0.15, 0.2) is 59.9 Å². The van der Waals surface area contributed by atoms with Crippen molar-refractivity contribution in [3.8, 4) is 23.0 Å². The van der Waals surface area contributed by atoms with Gasteiger partial charge in [-0.05, 0) is 36.8 Å². The SMILES string of the molecule is CCS(=O)(=O)c1ccc(Oc2cc3nc(-c4ccccn4)[nH]c3cc2[C@H]2CCC(O)O2)cn1. The van der Waals surface area contributed by atoms with Crippen LogP contribution in [-0.2, 0) is 14.6 Å². The molecular formula is C23H22N4O5S. The molecule has 9 nitrogen and oxygen atoms in total. The molecule has 1 unspecified atom stereocenters. The first-order chi connectivity index (χ1) is 15.9. The molecule has 2 atom stereocenters. The van der Waals surface area contributed by atoms with E-state index >= 15 is 0 Å². The highest BCUT2D eigenvalue weighted by Crippen LogP contribution is 2.40. The highest BCUT2D eigenvalue weighted by atomic mass is 32.2. The van der Waals surface area contributed by atoms with Crippen molar-refractivity contribution in [3.63, 3.8) is 0 Å². The van der Waals surface area contributed by atoms with Crippen LogP contribution in [0, 0.1) is 0 Å². The minimum Gasteiger partial charge on any atom is -0.455 e. The number of rotatable bonds is 6. The maximum Gasteiger partial charge on any atom is 0.195 e. The highest BCUT2D eigenvalue weighted by Gasteiger charge is 2.28. The Morgan fingerprint density at radius 3 is 2.73 bits per heavy atom. The van der Waals surface area contributed by atoms with Crippen LogP contribution in [0.1, 0.15) is 31.4 Å². The molecule has 1 fully saturated rings. The number of aromatic amines is 1. The summed E-state index contributed by atoms with van der Waals surface area (Å²) in [4.78, 5) is 16.3. The van der Waals surface area contributed by atoms with Gasteiger partial charge in [0.15, 0.2) is 27.0 Å². The van der Waals surface area contributed by atoms with Crippen LogP contribution >= 0.6 is 0 Å². The van der Waals surface area contributed by atoms with Crippen LogP contribution in [-0.4, -0.2) is 45.5 Å². The molecule has 0 saturated carbocycles. The van der Waals surface area contributed by atoms with E-state index in [0.717, 1.165) is 11.1 Å². The van der Waals surface area contributed by atoms with Crippen molar-refractivity contribution in [2.24, 2.45) is 0 Å². The summed E-state index contributed by atoms with van der Waals surface area (Å²) in [6, 6.07) is 12.3. The molecule has 10 heteroatoms. The van der Waals surface area contributed by atoms with E-state index in [2.05, 4.69) is 19.9 Å². The predicted octanol–water partition coefficient (Wildman–Crippen LogP) is 3.78. The number of sulfone groups is 1. The van der Waals surface area contributed by atoms with Gasteiger partial charge in [0.1, 0.15) is 17.2 Å². The summed E-state index contributed by atoms with van der Waals surface area (Å²) < 4.78 is 35.8. The molecule has 170 valence electrons. The average Bonchev–Trinajstić information content (AvgIpc) is 3.45. The van der Waals surface area contributed by atoms with Gasteiger partial charge in [-0.1, -0.05) is 13.0 Å². The second-order valence-electron chi connectivity index (χ2n) is 7.70. The van der Waals surface area contributed by atoms with Gasteiger partial charge in [-0.25, -0.2) is 18.4 Å². The highest BCUT2D eigenvalue weighted by molar-refractivity contribution is 7.91. The Bertz CT molecular complexity index is 1390. The maximum absolute atomic E-state index is 12.0. The zero-order valence-electron chi connectivity index (χ0n) is 17.8. The first-order valence-electron chi connectivity index (χ1n) is 10.6. The number of fused-ring (bicyclic) bond motifs is 1. The third-order valence-corrected chi connectivity index (χ3v) is 7.14. The van der Waals surface area contributed by atoms with E-state index in [9.17, 15) is 13.5 Å². The molecule has 5 rings (SSSR count). The Morgan fingerprint density at radius 2 is 2.06 bits per heavy atom. The van der Waals surface area contributed by atoms with Gasteiger partial charge in [0.2, 0.25) is 0 Å². The zero-order chi connectivity index (χ0) is 23.0. The summed E-state index contributed by atoms with van der Waals surface area (Å²) in [5.74, 6) is 1.47. The summed E-state index contributed by atoms with van der Waals surface area (Å²) in [5.41, 5.74) is 2.92. The number of aromatic nitrogens is 4. The van der Waals surface area contributed by atoms with E-state index < -0.39 is 16.1 Å². The molecular weight excluding hydrogens is 444 g/mol. The molecule has 4 heterocycles. The second kappa shape index (κ2) is 8.54. The quantitative estimate of drug-likeness (QED) is 0.440. The number of hydrogen-bond acceptors (Lipinski definition) is 8. The molecule has 33 heavy (non-hydrogen) atoms. The lowest BCUT2D eigenvalue weighted by Gasteiger charge is -2.16. The van der Waals surface area contributed by atoms with Gasteiger partial charge >= 0.3 is 0 Å². The average molecular weight is 467 g/mol. The number of imidazole rings is 1. The molecule has 3 aromatic heterocycles. The Hall–Kier alpha value is -3.34. The van der Waals surface area contributed by atoms with Crippen LogP contribution < -0.4 is 4.74 Å². The molecule has 1 aliphatic heterocycles. The van der Waals surface area contributed by atoms with E-state index in [4.69, 9.17) is 9.47 Å². The predicted molar refractivity (Wildman–Crippen MR) is 120 cm³/mol. The Balaban J connectivity index is 1.54. The lowest BCUT2D eigenvalue weighted by molar-refractivity contribution is -0.0916. The van der Waals surface area contributed by atoms with E-state index in [0.29, 0.717) is 41.4 Å². The van der Waals surface area contributed by atoms with Crippen molar-refractivity contribution in [3.05, 3.63) is 60.4 Å². The number of nitrogens with zero attached hydrogens (tertiary/aromatic N) is 3. The number of H-pyrrole nitrogens is 1. The fourth-order valence-electron chi connectivity index (χ4n) is 3.75. The third kappa shape index (κ3) is 4.32. The normalized spacial score (nSPS) is 18.6. The van der Waals surface area contributed by atoms with Gasteiger partial charge in [-0.3, -0.25) is 4.98 Å². The Kier molecular flexibility index (Phi) is 5.57. The molecule has 0 spiro atoms. The summed E-state index contributed by atoms with van der Waals surface area (Å²) in [5, 5.41) is 9.88. The standard InChI is InChI=1S/C23H22N4O5S/c1-2-33(29,30)21-8-6-14(13-25-21)31-20-12-18-17(11-15(20)19-7-9-22(28)32-19)26-23(27-18)16-5-3-4-10-24-16/h3-6,8,10-13,19,22,28H,2,7,9H2,1H3,(H,26,27)/t19-,22?/m1/s1. The largest absolute Gasteiger partial charge is 0.455 e. The number of aliphatic hydroxyl groups excluding tert-OH is 1. The van der Waals surface area contributed by atoms with Gasteiger partial charge in [-0.2, -0.15) is 0 Å². The van der Waals surface area contributed by atoms with Gasteiger partial charge in [-0.15, -0.1) is 0 Å². The monoisotopic (exact) mass is 466 g/mol. The maximum atomic E-state index is 12.0. The fourth-order valence-corrected chi connectivity index (χ4v) is 4.54. The number of pyridine rings is 2. The minimum absolute atomic E-state index is 0.00239. The Labute approximate surface area is 190 Å². The van der Waals surface area contributed by atoms with Crippen LogP contribution in [0.5, 0.6) is 11.5 Å². The number of hydrogen-bond donors (Lipinski definition) is 2. The van der Waals surface area contributed by atoms with Crippen molar-refractivity contribution < 1.29 is 23.0 Å². The Morgan fingerprint density at radius 1 is 1.18 bits per heavy atom. The number of ether oxygens (including phenoxy) is 2. The number of benzene rings is 1. The first-order valence-corrected chi connectivity index (χ1v) is 12.2. The summed E-state index contributed by atoms with van der Waals surface area (Å²) in [6.07, 6.45) is 3.06. The molecule has 2 N–H and O–H groups in total. The van der Waals surface area contributed by atoms with E-state index in [1.807, 2.05) is 24.3 Å². The summed E-state index contributed by atoms with van der Waals surface area (Å²) in [7, 11) is -3.40. The molecule has 1 aromatic carbocycles. The third-order valence-electron chi connectivity index (χ3n) is 5.50. The van der Waals surface area contributed by atoms with Crippen molar-refractivity contribution in [2.45, 2.75) is 37.2 Å². The van der Waals surface area contributed by atoms with Gasteiger partial charge < -0.3 is 19.6 Å². The van der Waals surface area contributed by atoms with Crippen LogP contribution in [0.25, 0.3) is 22.6 Å². The van der Waals surface area contributed by atoms with Gasteiger partial charge in [0.25, 0.3) is 0 Å². The van der Waals surface area contributed by atoms with E-state index in [-0.39, 0.29) is 16.9 Å². The molecule has 0 radical (unpaired) electrons. The fraction of sp³-hybridized carbons (Fsp3) is 0.261. The lowest BCUT2D eigenvalue weighted by atomic mass is 10.0. The van der Waals surface area contributed by atoms with Crippen LogP contribution in [0.2, 0.25) is 0 Å². The lowest BCUT2D eigenvalue weighted by Crippen LogP contribution is -2.06. The van der Waals surface area contributed by atoms with Crippen molar-refractivity contribution >= 4 is 20.9 Å². The smallest absolute Gasteiger partial charge is 0.195 e. The summed E-state index contributed by atoms with van der Waals surface area (Å²) in [6.45, 7) is 1.57. The molecule has 1 aliphatic rings. The van der Waals surface area contributed by atoms with E-state index in [1.165, 1.54) is 12.3 Å². The summed E-state index contributed by atoms with van der Waals surface area (Å²) >= 11 is 0. The first kappa shape index (κ1) is 21.5. The number of aliphatic hydroxyl groups is 1. The minimum atomic E-state index is -3.40. The van der Waals surface area contributed by atoms with Crippen LogP contribution in [0.3, 0.4) is 0 Å². The topological polar surface area (TPSA) is 127 Å². The molecule has 1 saturated heterocycles. The van der Waals surface area contributed by atoms with Gasteiger partial charge in [0.05, 0.1) is 29.1 Å². The van der Waals surface area contributed by atoms with Crippen molar-refractivity contribution in [1.29, 1.82) is 0 Å². The molecule has 0 bridgehead atoms. The van der Waals surface area contributed by atoms with E-state index in [1.54, 1.807) is 25.3 Å². The molecule has 4 aromatic rings. The molecule has 0 amide bonds.